The Morgan fingerprint density at radius 3 is 2.54 bits per heavy atom. The number of nitrogens with zero attached hydrogens (tertiary/aromatic N) is 1. The first-order chi connectivity index (χ1) is 13.6. The quantitative estimate of drug-likeness (QED) is 0.697. The van der Waals surface area contributed by atoms with E-state index in [1.54, 1.807) is 12.1 Å². The van der Waals surface area contributed by atoms with Crippen molar-refractivity contribution in [3.05, 3.63) is 77.9 Å². The first-order valence-corrected chi connectivity index (χ1v) is 9.46. The fraction of sp³-hybridized carbons (Fsp3) is 0.261. The third kappa shape index (κ3) is 3.94. The predicted octanol–water partition coefficient (Wildman–Crippen LogP) is 4.60. The zero-order valence-corrected chi connectivity index (χ0v) is 15.5. The summed E-state index contributed by atoms with van der Waals surface area (Å²) in [5, 5.41) is 21.3. The van der Waals surface area contributed by atoms with E-state index >= 15 is 0 Å². The molecule has 3 aromatic rings. The van der Waals surface area contributed by atoms with Crippen LogP contribution < -0.4 is 0 Å². The largest absolute Gasteiger partial charge is 0.508 e. The van der Waals surface area contributed by atoms with Gasteiger partial charge in [0.15, 0.2) is 0 Å². The summed E-state index contributed by atoms with van der Waals surface area (Å²) in [6.45, 7) is 1.25. The lowest BCUT2D eigenvalue weighted by atomic mass is 9.87. The normalized spacial score (nSPS) is 19.6. The molecule has 0 radical (unpaired) electrons. The molecule has 5 heteroatoms. The van der Waals surface area contributed by atoms with Gasteiger partial charge in [-0.2, -0.15) is 0 Å². The Labute approximate surface area is 163 Å². The Morgan fingerprint density at radius 2 is 1.79 bits per heavy atom. The highest BCUT2D eigenvalue weighted by Gasteiger charge is 2.33. The summed E-state index contributed by atoms with van der Waals surface area (Å²) in [5.41, 5.74) is 2.13. The Balaban J connectivity index is 1.53. The number of ether oxygens (including phenoxy) is 1. The number of benzene rings is 3. The van der Waals surface area contributed by atoms with E-state index in [2.05, 4.69) is 30.3 Å². The van der Waals surface area contributed by atoms with Gasteiger partial charge in [-0.3, -0.25) is 0 Å². The number of amides is 1. The van der Waals surface area contributed by atoms with Gasteiger partial charge in [-0.05, 0) is 46.5 Å². The first-order valence-electron chi connectivity index (χ1n) is 9.46. The zero-order valence-electron chi connectivity index (χ0n) is 15.5. The number of hydrogen-bond acceptors (Lipinski definition) is 3. The molecule has 0 bridgehead atoms. The van der Waals surface area contributed by atoms with Crippen LogP contribution in [0.5, 0.6) is 5.75 Å². The van der Waals surface area contributed by atoms with Crippen LogP contribution in [-0.2, 0) is 11.3 Å². The molecule has 0 aromatic heterocycles. The maximum Gasteiger partial charge on any atom is 0.407 e. The molecule has 2 N–H and O–H groups in total. The van der Waals surface area contributed by atoms with Crippen molar-refractivity contribution in [1.82, 2.24) is 4.90 Å². The van der Waals surface area contributed by atoms with E-state index < -0.39 is 6.09 Å². The van der Waals surface area contributed by atoms with Crippen LogP contribution in [0, 0.1) is 0 Å². The van der Waals surface area contributed by atoms with Crippen LogP contribution in [0.4, 0.5) is 4.79 Å². The number of rotatable bonds is 4. The van der Waals surface area contributed by atoms with Crippen molar-refractivity contribution < 1.29 is 19.7 Å². The number of aromatic hydroxyl groups is 1. The molecule has 0 aliphatic carbocycles. The van der Waals surface area contributed by atoms with Crippen LogP contribution in [0.15, 0.2) is 66.7 Å². The molecule has 1 fully saturated rings. The van der Waals surface area contributed by atoms with E-state index in [0.29, 0.717) is 26.1 Å². The molecule has 3 aromatic carbocycles. The highest BCUT2D eigenvalue weighted by molar-refractivity contribution is 5.82. The molecule has 5 nitrogen and oxygen atoms in total. The maximum atomic E-state index is 11.4. The molecule has 1 heterocycles. The minimum absolute atomic E-state index is 0.0941. The third-order valence-electron chi connectivity index (χ3n) is 5.43. The van der Waals surface area contributed by atoms with Crippen LogP contribution >= 0.6 is 0 Å². The molecular formula is C23H23NO4. The van der Waals surface area contributed by atoms with E-state index in [-0.39, 0.29) is 17.8 Å². The van der Waals surface area contributed by atoms with E-state index in [1.807, 2.05) is 24.3 Å². The molecule has 2 atom stereocenters. The average molecular weight is 377 g/mol. The summed E-state index contributed by atoms with van der Waals surface area (Å²) in [6, 6.07) is 21.5. The van der Waals surface area contributed by atoms with Crippen molar-refractivity contribution in [2.24, 2.45) is 0 Å². The molecule has 1 saturated heterocycles. The monoisotopic (exact) mass is 377 g/mol. The second kappa shape index (κ2) is 7.90. The van der Waals surface area contributed by atoms with Crippen LogP contribution in [0.2, 0.25) is 0 Å². The Hall–Kier alpha value is -3.05. The highest BCUT2D eigenvalue weighted by atomic mass is 16.5. The van der Waals surface area contributed by atoms with Crippen molar-refractivity contribution >= 4 is 16.9 Å². The number of carboxylic acid groups (broad SMARTS) is 1. The second-order valence-corrected chi connectivity index (χ2v) is 7.25. The Kier molecular flexibility index (Phi) is 5.17. The second-order valence-electron chi connectivity index (χ2n) is 7.25. The maximum absolute atomic E-state index is 11.4. The van der Waals surface area contributed by atoms with E-state index in [1.165, 1.54) is 10.3 Å². The number of likely N-dealkylation sites (tertiary alicyclic amines) is 1. The Morgan fingerprint density at radius 1 is 1.04 bits per heavy atom. The van der Waals surface area contributed by atoms with Gasteiger partial charge in [0.05, 0.1) is 19.3 Å². The summed E-state index contributed by atoms with van der Waals surface area (Å²) < 4.78 is 6.23. The molecule has 4 rings (SSSR count). The van der Waals surface area contributed by atoms with Gasteiger partial charge in [-0.15, -0.1) is 0 Å². The molecule has 144 valence electrons. The van der Waals surface area contributed by atoms with Gasteiger partial charge >= 0.3 is 6.09 Å². The minimum atomic E-state index is -0.913. The SMILES string of the molecule is O=C(O)N1CCC(c2ccc(O)cc2)C(OCc2ccc3ccccc3c2)C1. The lowest BCUT2D eigenvalue weighted by Gasteiger charge is -2.37. The van der Waals surface area contributed by atoms with Crippen LogP contribution in [0.25, 0.3) is 10.8 Å². The summed E-state index contributed by atoms with van der Waals surface area (Å²) in [6.07, 6.45) is -0.455. The Bertz CT molecular complexity index is 970. The number of piperidine rings is 1. The van der Waals surface area contributed by atoms with Crippen molar-refractivity contribution in [3.63, 3.8) is 0 Å². The van der Waals surface area contributed by atoms with Crippen molar-refractivity contribution in [3.8, 4) is 5.75 Å². The van der Waals surface area contributed by atoms with Gasteiger partial charge in [0.1, 0.15) is 5.75 Å². The lowest BCUT2D eigenvalue weighted by Crippen LogP contribution is -2.46. The smallest absolute Gasteiger partial charge is 0.407 e. The molecular weight excluding hydrogens is 354 g/mol. The number of carbonyl (C=O) groups is 1. The lowest BCUT2D eigenvalue weighted by molar-refractivity contribution is -0.0199. The number of phenols is 1. The average Bonchev–Trinajstić information content (AvgIpc) is 2.72. The predicted molar refractivity (Wildman–Crippen MR) is 108 cm³/mol. The molecule has 0 spiro atoms. The van der Waals surface area contributed by atoms with Gasteiger partial charge in [-0.25, -0.2) is 4.79 Å². The van der Waals surface area contributed by atoms with E-state index in [0.717, 1.165) is 16.5 Å². The van der Waals surface area contributed by atoms with E-state index in [9.17, 15) is 15.0 Å². The summed E-state index contributed by atoms with van der Waals surface area (Å²) in [5.74, 6) is 0.317. The van der Waals surface area contributed by atoms with Gasteiger partial charge in [0, 0.05) is 12.5 Å². The van der Waals surface area contributed by atoms with Gasteiger partial charge in [0.25, 0.3) is 0 Å². The standard InChI is InChI=1S/C23H23NO4/c25-20-9-7-18(8-10-20)21-11-12-24(23(26)27)14-22(21)28-15-16-5-6-17-3-1-2-4-19(17)13-16/h1-10,13,21-22,25H,11-12,14-15H2,(H,26,27). The van der Waals surface area contributed by atoms with Gasteiger partial charge < -0.3 is 19.8 Å². The molecule has 28 heavy (non-hydrogen) atoms. The number of hydrogen-bond donors (Lipinski definition) is 2. The summed E-state index contributed by atoms with van der Waals surface area (Å²) in [4.78, 5) is 12.9. The van der Waals surface area contributed by atoms with Gasteiger partial charge in [-0.1, -0.05) is 48.5 Å². The first kappa shape index (κ1) is 18.3. The van der Waals surface area contributed by atoms with E-state index in [4.69, 9.17) is 4.74 Å². The molecule has 0 saturated carbocycles. The van der Waals surface area contributed by atoms with Crippen LogP contribution in [0.1, 0.15) is 23.5 Å². The summed E-state index contributed by atoms with van der Waals surface area (Å²) >= 11 is 0. The van der Waals surface area contributed by atoms with Gasteiger partial charge in [0.2, 0.25) is 0 Å². The molecule has 2 unspecified atom stereocenters. The zero-order chi connectivity index (χ0) is 19.5. The third-order valence-corrected chi connectivity index (χ3v) is 5.43. The number of phenolic OH excluding ortho intramolecular Hbond substituents is 1. The molecule has 1 amide bonds. The van der Waals surface area contributed by atoms with Crippen LogP contribution in [0.3, 0.4) is 0 Å². The van der Waals surface area contributed by atoms with Crippen molar-refractivity contribution in [2.45, 2.75) is 25.0 Å². The fourth-order valence-electron chi connectivity index (χ4n) is 3.89. The molecule has 1 aliphatic rings. The summed E-state index contributed by atoms with van der Waals surface area (Å²) in [7, 11) is 0. The highest BCUT2D eigenvalue weighted by Crippen LogP contribution is 2.32. The fourth-order valence-corrected chi connectivity index (χ4v) is 3.89. The minimum Gasteiger partial charge on any atom is -0.508 e. The number of fused-ring (bicyclic) bond motifs is 1. The van der Waals surface area contributed by atoms with Crippen molar-refractivity contribution in [2.75, 3.05) is 13.1 Å². The van der Waals surface area contributed by atoms with Crippen molar-refractivity contribution in [1.29, 1.82) is 0 Å². The molecule has 1 aliphatic heterocycles. The topological polar surface area (TPSA) is 70.0 Å². The van der Waals surface area contributed by atoms with Crippen LogP contribution in [-0.4, -0.2) is 40.4 Å².